The zero-order valence-electron chi connectivity index (χ0n) is 21.2. The van der Waals surface area contributed by atoms with Gasteiger partial charge >= 0.3 is 5.97 Å². The summed E-state index contributed by atoms with van der Waals surface area (Å²) in [4.78, 5) is 39.4. The number of benzene rings is 2. The molecule has 0 aromatic heterocycles. The largest absolute Gasteiger partial charge is 0.461 e. The average Bonchev–Trinajstić information content (AvgIpc) is 3.08. The SMILES string of the molecule is CC(/C=C/C=C(\C)c1ccc2c(c1)C(C)(C)CCS2)=C\C(=O)OCCN1C(=O)c2ccccc2C1=O. The number of rotatable bonds is 7. The van der Waals surface area contributed by atoms with Crippen LogP contribution in [0, 0.1) is 0 Å². The van der Waals surface area contributed by atoms with E-state index in [0.29, 0.717) is 11.1 Å². The van der Waals surface area contributed by atoms with Crippen LogP contribution in [0.1, 0.15) is 66.0 Å². The van der Waals surface area contributed by atoms with Crippen LogP contribution in [0.4, 0.5) is 0 Å². The molecular weight excluding hydrogens is 470 g/mol. The Balaban J connectivity index is 1.30. The summed E-state index contributed by atoms with van der Waals surface area (Å²) in [6.07, 6.45) is 8.39. The third-order valence-electron chi connectivity index (χ3n) is 6.64. The molecule has 2 aliphatic heterocycles. The van der Waals surface area contributed by atoms with E-state index in [1.807, 2.05) is 36.9 Å². The fraction of sp³-hybridized carbons (Fsp3) is 0.300. The summed E-state index contributed by atoms with van der Waals surface area (Å²) in [6, 6.07) is 13.4. The lowest BCUT2D eigenvalue weighted by Gasteiger charge is -2.32. The number of nitrogens with zero attached hydrogens (tertiary/aromatic N) is 1. The number of allylic oxidation sites excluding steroid dienone is 5. The number of hydrogen-bond acceptors (Lipinski definition) is 5. The van der Waals surface area contributed by atoms with E-state index in [1.165, 1.54) is 28.5 Å². The fourth-order valence-corrected chi connectivity index (χ4v) is 5.86. The van der Waals surface area contributed by atoms with Crippen molar-refractivity contribution in [3.63, 3.8) is 0 Å². The monoisotopic (exact) mass is 501 g/mol. The third kappa shape index (κ3) is 5.54. The maximum Gasteiger partial charge on any atom is 0.331 e. The van der Waals surface area contributed by atoms with Crippen LogP contribution in [0.3, 0.4) is 0 Å². The average molecular weight is 502 g/mol. The fourth-order valence-electron chi connectivity index (χ4n) is 4.38. The van der Waals surface area contributed by atoms with E-state index in [4.69, 9.17) is 4.74 Å². The predicted octanol–water partition coefficient (Wildman–Crippen LogP) is 6.21. The molecule has 0 fully saturated rings. The van der Waals surface area contributed by atoms with Crippen LogP contribution in [0.2, 0.25) is 0 Å². The Morgan fingerprint density at radius 2 is 1.78 bits per heavy atom. The number of amides is 2. The van der Waals surface area contributed by atoms with E-state index >= 15 is 0 Å². The number of carbonyl (C=O) groups is 3. The lowest BCUT2D eigenvalue weighted by molar-refractivity contribution is -0.138. The van der Waals surface area contributed by atoms with Crippen molar-refractivity contribution in [2.24, 2.45) is 0 Å². The summed E-state index contributed by atoms with van der Waals surface area (Å²) in [5.41, 5.74) is 5.46. The highest BCUT2D eigenvalue weighted by Gasteiger charge is 2.34. The van der Waals surface area contributed by atoms with Gasteiger partial charge in [-0.1, -0.05) is 50.3 Å². The number of ether oxygens (including phenoxy) is 1. The summed E-state index contributed by atoms with van der Waals surface area (Å²) in [5, 5.41) is 0. The van der Waals surface area contributed by atoms with Crippen molar-refractivity contribution in [1.82, 2.24) is 4.90 Å². The molecule has 6 heteroatoms. The molecule has 0 bridgehead atoms. The number of fused-ring (bicyclic) bond motifs is 2. The molecular formula is C30H31NO4S. The van der Waals surface area contributed by atoms with Crippen molar-refractivity contribution in [1.29, 1.82) is 0 Å². The number of hydrogen-bond donors (Lipinski definition) is 0. The molecule has 0 saturated carbocycles. The van der Waals surface area contributed by atoms with Gasteiger partial charge in [0.1, 0.15) is 6.61 Å². The molecule has 0 atom stereocenters. The zero-order valence-corrected chi connectivity index (χ0v) is 22.0. The van der Waals surface area contributed by atoms with Crippen molar-refractivity contribution in [2.45, 2.75) is 44.4 Å². The lowest BCUT2D eigenvalue weighted by Crippen LogP contribution is -2.33. The molecule has 2 heterocycles. The normalized spacial score (nSPS) is 17.4. The molecule has 2 aromatic carbocycles. The van der Waals surface area contributed by atoms with E-state index in [-0.39, 0.29) is 30.4 Å². The minimum absolute atomic E-state index is 0.0266. The maximum atomic E-state index is 12.4. The first-order chi connectivity index (χ1) is 17.2. The van der Waals surface area contributed by atoms with Crippen LogP contribution in [0.25, 0.3) is 5.57 Å². The molecule has 0 saturated heterocycles. The summed E-state index contributed by atoms with van der Waals surface area (Å²) >= 11 is 1.93. The van der Waals surface area contributed by atoms with Gasteiger partial charge < -0.3 is 4.74 Å². The van der Waals surface area contributed by atoms with Crippen molar-refractivity contribution in [2.75, 3.05) is 18.9 Å². The summed E-state index contributed by atoms with van der Waals surface area (Å²) in [7, 11) is 0. The van der Waals surface area contributed by atoms with E-state index in [2.05, 4.69) is 39.0 Å². The van der Waals surface area contributed by atoms with Gasteiger partial charge in [0.05, 0.1) is 17.7 Å². The van der Waals surface area contributed by atoms with Crippen molar-refractivity contribution in [3.8, 4) is 0 Å². The molecule has 0 aliphatic carbocycles. The Labute approximate surface area is 216 Å². The zero-order chi connectivity index (χ0) is 25.9. The number of thioether (sulfide) groups is 1. The molecule has 2 amide bonds. The van der Waals surface area contributed by atoms with Crippen LogP contribution < -0.4 is 0 Å². The van der Waals surface area contributed by atoms with E-state index < -0.39 is 5.97 Å². The van der Waals surface area contributed by atoms with Gasteiger partial charge in [-0.05, 0) is 78.0 Å². The van der Waals surface area contributed by atoms with Gasteiger partial charge in [-0.2, -0.15) is 0 Å². The van der Waals surface area contributed by atoms with Crippen LogP contribution >= 0.6 is 11.8 Å². The first kappa shape index (κ1) is 25.7. The quantitative estimate of drug-likeness (QED) is 0.195. The van der Waals surface area contributed by atoms with E-state index in [1.54, 1.807) is 24.3 Å². The molecule has 5 nitrogen and oxygen atoms in total. The maximum absolute atomic E-state index is 12.4. The van der Waals surface area contributed by atoms with Gasteiger partial charge in [-0.25, -0.2) is 4.79 Å². The van der Waals surface area contributed by atoms with Crippen molar-refractivity contribution >= 4 is 35.1 Å². The molecule has 2 aromatic rings. The van der Waals surface area contributed by atoms with Gasteiger partial charge in [0.15, 0.2) is 0 Å². The number of carbonyl (C=O) groups excluding carboxylic acids is 3. The minimum Gasteiger partial charge on any atom is -0.461 e. The topological polar surface area (TPSA) is 63.7 Å². The predicted molar refractivity (Wildman–Crippen MR) is 144 cm³/mol. The second-order valence-corrected chi connectivity index (χ2v) is 10.9. The first-order valence-corrected chi connectivity index (χ1v) is 13.1. The molecule has 0 spiro atoms. The number of esters is 1. The van der Waals surface area contributed by atoms with E-state index in [9.17, 15) is 14.4 Å². The molecule has 4 rings (SSSR count). The van der Waals surface area contributed by atoms with Crippen molar-refractivity contribution < 1.29 is 19.1 Å². The number of imide groups is 1. The highest BCUT2D eigenvalue weighted by atomic mass is 32.2. The summed E-state index contributed by atoms with van der Waals surface area (Å²) < 4.78 is 5.23. The molecule has 36 heavy (non-hydrogen) atoms. The van der Waals surface area contributed by atoms with Crippen LogP contribution in [0.15, 0.2) is 77.2 Å². The van der Waals surface area contributed by atoms with Crippen LogP contribution in [-0.4, -0.2) is 41.6 Å². The Hall–Kier alpha value is -3.38. The second kappa shape index (κ2) is 10.7. The summed E-state index contributed by atoms with van der Waals surface area (Å²) in [6.45, 7) is 8.50. The highest BCUT2D eigenvalue weighted by Crippen LogP contribution is 2.42. The minimum atomic E-state index is -0.510. The molecule has 0 unspecified atom stereocenters. The standard InChI is InChI=1S/C30H31NO4S/c1-20(8-7-9-21(2)22-12-13-26-25(19-22)30(3,4)14-17-36-26)18-27(32)35-16-15-31-28(33)23-10-5-6-11-24(23)29(31)34/h5-13,18-19H,14-17H2,1-4H3/b8-7+,20-18+,21-9+. The Morgan fingerprint density at radius 1 is 1.08 bits per heavy atom. The van der Waals surface area contributed by atoms with Gasteiger partial charge in [-0.3, -0.25) is 14.5 Å². The Kier molecular flexibility index (Phi) is 7.65. The van der Waals surface area contributed by atoms with Gasteiger partial charge in [0.2, 0.25) is 0 Å². The van der Waals surface area contributed by atoms with Gasteiger partial charge in [0.25, 0.3) is 11.8 Å². The third-order valence-corrected chi connectivity index (χ3v) is 7.71. The molecule has 186 valence electrons. The van der Waals surface area contributed by atoms with Gasteiger partial charge in [-0.15, -0.1) is 11.8 Å². The molecule has 0 N–H and O–H groups in total. The smallest absolute Gasteiger partial charge is 0.331 e. The lowest BCUT2D eigenvalue weighted by atomic mass is 9.80. The molecule has 2 aliphatic rings. The second-order valence-electron chi connectivity index (χ2n) is 9.77. The first-order valence-electron chi connectivity index (χ1n) is 12.1. The van der Waals surface area contributed by atoms with E-state index in [0.717, 1.165) is 21.8 Å². The Bertz CT molecular complexity index is 1270. The van der Waals surface area contributed by atoms with Crippen molar-refractivity contribution in [3.05, 3.63) is 94.6 Å². The summed E-state index contributed by atoms with van der Waals surface area (Å²) in [5.74, 6) is -0.0634. The van der Waals surface area contributed by atoms with Crippen LogP contribution in [0.5, 0.6) is 0 Å². The van der Waals surface area contributed by atoms with Gasteiger partial charge in [0, 0.05) is 11.0 Å². The Morgan fingerprint density at radius 3 is 2.47 bits per heavy atom. The highest BCUT2D eigenvalue weighted by molar-refractivity contribution is 7.99. The van der Waals surface area contributed by atoms with Crippen LogP contribution in [-0.2, 0) is 14.9 Å². The molecule has 0 radical (unpaired) electrons.